The van der Waals surface area contributed by atoms with E-state index in [-0.39, 0.29) is 5.41 Å². The molecule has 0 N–H and O–H groups in total. The molecule has 1 heterocycles. The number of carbonyl (C=O) groups excluding carboxylic acids is 1. The van der Waals surface area contributed by atoms with Crippen molar-refractivity contribution in [2.45, 2.75) is 26.2 Å². The summed E-state index contributed by atoms with van der Waals surface area (Å²) in [5.41, 5.74) is 5.27. The van der Waals surface area contributed by atoms with Gasteiger partial charge in [-0.25, -0.2) is 14.5 Å². The van der Waals surface area contributed by atoms with Gasteiger partial charge in [-0.05, 0) is 52.9 Å². The third-order valence-corrected chi connectivity index (χ3v) is 6.16. The number of ether oxygens (including phenoxy) is 1. The standard InChI is InChI=1S/C33H29N3O2/c1-33(2,3)27-19-17-26(18-20-27)32(37)38-29-16-10-11-24(21-29)23-34-31-22-30(25-12-6-4-7-13-25)35-36(31)28-14-8-5-9-15-28/h4-23H,1-3H3. The zero-order valence-electron chi connectivity index (χ0n) is 21.7. The van der Waals surface area contributed by atoms with E-state index in [0.717, 1.165) is 28.1 Å². The lowest BCUT2D eigenvalue weighted by atomic mass is 9.87. The summed E-state index contributed by atoms with van der Waals surface area (Å²) in [7, 11) is 0. The topological polar surface area (TPSA) is 56.5 Å². The maximum atomic E-state index is 12.7. The maximum absolute atomic E-state index is 12.7. The van der Waals surface area contributed by atoms with Gasteiger partial charge >= 0.3 is 5.97 Å². The van der Waals surface area contributed by atoms with Crippen LogP contribution in [0.5, 0.6) is 5.75 Å². The zero-order chi connectivity index (χ0) is 26.5. The molecule has 188 valence electrons. The highest BCUT2D eigenvalue weighted by Gasteiger charge is 2.15. The van der Waals surface area contributed by atoms with Crippen LogP contribution in [-0.2, 0) is 5.41 Å². The van der Waals surface area contributed by atoms with Gasteiger partial charge in [0.25, 0.3) is 0 Å². The van der Waals surface area contributed by atoms with Crippen LogP contribution in [0, 0.1) is 0 Å². The lowest BCUT2D eigenvalue weighted by molar-refractivity contribution is 0.0734. The third-order valence-electron chi connectivity index (χ3n) is 6.16. The third kappa shape index (κ3) is 5.79. The molecule has 5 nitrogen and oxygen atoms in total. The molecule has 0 aliphatic carbocycles. The van der Waals surface area contributed by atoms with E-state index in [4.69, 9.17) is 14.8 Å². The molecule has 0 fully saturated rings. The van der Waals surface area contributed by atoms with Gasteiger partial charge in [0.1, 0.15) is 5.75 Å². The molecular weight excluding hydrogens is 470 g/mol. The number of hydrogen-bond acceptors (Lipinski definition) is 4. The van der Waals surface area contributed by atoms with Crippen molar-refractivity contribution in [2.24, 2.45) is 4.99 Å². The monoisotopic (exact) mass is 499 g/mol. The van der Waals surface area contributed by atoms with E-state index in [9.17, 15) is 4.79 Å². The highest BCUT2D eigenvalue weighted by molar-refractivity contribution is 5.91. The number of carbonyl (C=O) groups is 1. The highest BCUT2D eigenvalue weighted by atomic mass is 16.5. The number of esters is 1. The summed E-state index contributed by atoms with van der Waals surface area (Å²) in [6.07, 6.45) is 1.75. The van der Waals surface area contributed by atoms with Gasteiger partial charge in [-0.3, -0.25) is 0 Å². The molecule has 5 aromatic rings. The SMILES string of the molecule is CC(C)(C)c1ccc(C(=O)Oc2cccc(C=Nc3cc(-c4ccccc4)nn3-c3ccccc3)c2)cc1. The van der Waals surface area contributed by atoms with Crippen LogP contribution in [-0.4, -0.2) is 22.0 Å². The smallest absolute Gasteiger partial charge is 0.343 e. The van der Waals surface area contributed by atoms with Gasteiger partial charge < -0.3 is 4.74 Å². The maximum Gasteiger partial charge on any atom is 0.343 e. The quantitative estimate of drug-likeness (QED) is 0.136. The molecule has 4 aromatic carbocycles. The van der Waals surface area contributed by atoms with Crippen LogP contribution in [0.1, 0.15) is 42.3 Å². The molecule has 5 rings (SSSR count). The summed E-state index contributed by atoms with van der Waals surface area (Å²) in [6.45, 7) is 6.42. The van der Waals surface area contributed by atoms with E-state index < -0.39 is 5.97 Å². The fourth-order valence-corrected chi connectivity index (χ4v) is 4.04. The van der Waals surface area contributed by atoms with Gasteiger partial charge in [0, 0.05) is 17.8 Å². The molecule has 0 atom stereocenters. The molecular formula is C33H29N3O2. The second-order valence-electron chi connectivity index (χ2n) is 10.0. The van der Waals surface area contributed by atoms with Gasteiger partial charge in [-0.2, -0.15) is 5.10 Å². The number of aliphatic imine (C=N–C) groups is 1. The van der Waals surface area contributed by atoms with E-state index in [1.165, 1.54) is 0 Å². The predicted octanol–water partition coefficient (Wildman–Crippen LogP) is 7.81. The van der Waals surface area contributed by atoms with E-state index in [1.807, 2.05) is 108 Å². The largest absolute Gasteiger partial charge is 0.423 e. The second-order valence-corrected chi connectivity index (χ2v) is 10.0. The normalized spacial score (nSPS) is 11.6. The van der Waals surface area contributed by atoms with Crippen LogP contribution in [0.25, 0.3) is 16.9 Å². The summed E-state index contributed by atoms with van der Waals surface area (Å²) in [5.74, 6) is 0.756. The molecule has 0 unspecified atom stereocenters. The number of rotatable bonds is 6. The number of benzene rings is 4. The summed E-state index contributed by atoms with van der Waals surface area (Å²) < 4.78 is 7.48. The minimum Gasteiger partial charge on any atom is -0.423 e. The second kappa shape index (κ2) is 10.7. The Morgan fingerprint density at radius 2 is 1.50 bits per heavy atom. The fourth-order valence-electron chi connectivity index (χ4n) is 4.04. The summed E-state index contributed by atoms with van der Waals surface area (Å²) in [5, 5.41) is 4.81. The minimum atomic E-state index is -0.394. The summed E-state index contributed by atoms with van der Waals surface area (Å²) >= 11 is 0. The van der Waals surface area contributed by atoms with Crippen LogP contribution < -0.4 is 4.74 Å². The van der Waals surface area contributed by atoms with Crippen molar-refractivity contribution < 1.29 is 9.53 Å². The van der Waals surface area contributed by atoms with Gasteiger partial charge in [0.2, 0.25) is 0 Å². The molecule has 38 heavy (non-hydrogen) atoms. The fraction of sp³-hybridized carbons (Fsp3) is 0.121. The Morgan fingerprint density at radius 3 is 2.18 bits per heavy atom. The number of hydrogen-bond donors (Lipinski definition) is 0. The van der Waals surface area contributed by atoms with E-state index in [2.05, 4.69) is 20.8 Å². The number of nitrogens with zero attached hydrogens (tertiary/aromatic N) is 3. The first-order valence-corrected chi connectivity index (χ1v) is 12.5. The van der Waals surface area contributed by atoms with Crippen molar-refractivity contribution in [3.8, 4) is 22.7 Å². The van der Waals surface area contributed by atoms with Gasteiger partial charge in [0.05, 0.1) is 16.9 Å². The molecule has 0 spiro atoms. The molecule has 0 radical (unpaired) electrons. The number of aromatic nitrogens is 2. The van der Waals surface area contributed by atoms with Gasteiger partial charge in [-0.1, -0.05) is 93.6 Å². The summed E-state index contributed by atoms with van der Waals surface area (Å²) in [4.78, 5) is 17.5. The Morgan fingerprint density at radius 1 is 0.816 bits per heavy atom. The Labute approximate surface area is 223 Å². The molecule has 0 amide bonds. The molecule has 0 saturated carbocycles. The lowest BCUT2D eigenvalue weighted by Gasteiger charge is -2.18. The molecule has 1 aromatic heterocycles. The molecule has 0 bridgehead atoms. The summed E-state index contributed by atoms with van der Waals surface area (Å²) in [6, 6.07) is 36.8. The molecule has 0 saturated heterocycles. The van der Waals surface area contributed by atoms with Gasteiger partial charge in [0.15, 0.2) is 5.82 Å². The Hall–Kier alpha value is -4.77. The van der Waals surface area contributed by atoms with E-state index >= 15 is 0 Å². The lowest BCUT2D eigenvalue weighted by Crippen LogP contribution is -2.13. The Bertz CT molecular complexity index is 1560. The molecule has 0 aliphatic heterocycles. The van der Waals surface area contributed by atoms with Crippen LogP contribution in [0.2, 0.25) is 0 Å². The van der Waals surface area contributed by atoms with Crippen LogP contribution >= 0.6 is 0 Å². The van der Waals surface area contributed by atoms with Crippen molar-refractivity contribution in [3.05, 3.63) is 132 Å². The minimum absolute atomic E-state index is 0.0217. The van der Waals surface area contributed by atoms with Crippen LogP contribution in [0.15, 0.2) is 120 Å². The first kappa shape index (κ1) is 24.9. The molecule has 0 aliphatic rings. The number of para-hydroxylation sites is 1. The average molecular weight is 500 g/mol. The van der Waals surface area contributed by atoms with Crippen molar-refractivity contribution in [2.75, 3.05) is 0 Å². The van der Waals surface area contributed by atoms with Crippen LogP contribution in [0.3, 0.4) is 0 Å². The first-order valence-electron chi connectivity index (χ1n) is 12.5. The Balaban J connectivity index is 1.38. The highest BCUT2D eigenvalue weighted by Crippen LogP contribution is 2.27. The van der Waals surface area contributed by atoms with E-state index in [0.29, 0.717) is 17.1 Å². The zero-order valence-corrected chi connectivity index (χ0v) is 21.7. The van der Waals surface area contributed by atoms with Crippen molar-refractivity contribution in [3.63, 3.8) is 0 Å². The first-order chi connectivity index (χ1) is 18.4. The average Bonchev–Trinajstić information content (AvgIpc) is 3.37. The van der Waals surface area contributed by atoms with Crippen molar-refractivity contribution >= 4 is 18.0 Å². The van der Waals surface area contributed by atoms with Crippen molar-refractivity contribution in [1.82, 2.24) is 9.78 Å². The predicted molar refractivity (Wildman–Crippen MR) is 153 cm³/mol. The Kier molecular flexibility index (Phi) is 7.00. The van der Waals surface area contributed by atoms with Gasteiger partial charge in [-0.15, -0.1) is 0 Å². The van der Waals surface area contributed by atoms with Crippen molar-refractivity contribution in [1.29, 1.82) is 0 Å². The van der Waals surface area contributed by atoms with E-state index in [1.54, 1.807) is 18.3 Å². The van der Waals surface area contributed by atoms with Crippen LogP contribution in [0.4, 0.5) is 5.82 Å². The molecule has 5 heteroatoms.